The number of carboxylic acid groups (broad SMARTS) is 6. The van der Waals surface area contributed by atoms with E-state index in [1.54, 1.807) is 0 Å². The molecule has 0 saturated carbocycles. The Kier molecular flexibility index (Phi) is 102. The second-order valence-electron chi connectivity index (χ2n) is 6.12. The van der Waals surface area contributed by atoms with Gasteiger partial charge in [-0.15, -0.1) is 11.4 Å². The van der Waals surface area contributed by atoms with Gasteiger partial charge >= 0.3 is 193 Å². The number of aliphatic hydroxyl groups excluding tert-OH is 2. The van der Waals surface area contributed by atoms with Gasteiger partial charge in [-0.25, -0.2) is 0 Å². The fourth-order valence-electron chi connectivity index (χ4n) is 1.93. The molecule has 0 aromatic carbocycles. The van der Waals surface area contributed by atoms with Gasteiger partial charge in [0.2, 0.25) is 0 Å². The van der Waals surface area contributed by atoms with Crippen LogP contribution in [-0.2, 0) is 40.0 Å². The molecule has 0 aliphatic rings. The summed E-state index contributed by atoms with van der Waals surface area (Å²) < 4.78 is 35.1. The molecule has 45 heavy (non-hydrogen) atoms. The van der Waals surface area contributed by atoms with Crippen molar-refractivity contribution in [1.82, 2.24) is 9.80 Å². The Bertz CT molecular complexity index is 617. The maximum atomic E-state index is 10.6. The first-order chi connectivity index (χ1) is 17.6. The number of hydrogen-bond acceptors (Lipinski definition) is 16. The summed E-state index contributed by atoms with van der Waals surface area (Å²) in [7, 11) is 0. The van der Waals surface area contributed by atoms with Crippen LogP contribution in [0.4, 0.5) is 4.79 Å². The molecule has 28 heteroatoms. The Labute approximate surface area is 402 Å². The van der Waals surface area contributed by atoms with E-state index in [9.17, 15) is 19.2 Å². The molecule has 21 nitrogen and oxygen atoms in total. The van der Waals surface area contributed by atoms with Crippen molar-refractivity contribution in [3.8, 4) is 0 Å². The molecule has 0 amide bonds. The van der Waals surface area contributed by atoms with Crippen molar-refractivity contribution >= 4 is 41.4 Å². The maximum Gasteiger partial charge on any atom is 1.00 e. The van der Waals surface area contributed by atoms with Crippen LogP contribution in [0, 0.1) is 0 Å². The second-order valence-corrected chi connectivity index (χ2v) is 6.53. The molecule has 0 unspecified atom stereocenters. The average Bonchev–Trinajstić information content (AvgIpc) is 2.72. The molecule has 0 aliphatic carbocycles. The summed E-state index contributed by atoms with van der Waals surface area (Å²) in [4.78, 5) is 52.7. The summed E-state index contributed by atoms with van der Waals surface area (Å²) in [5.74, 6) is -4.91. The smallest absolute Gasteiger partial charge is 1.00 e. The number of carbonyl (C=O) groups excluding carboxylic acids is 1. The minimum Gasteiger partial charge on any atom is -1.00 e. The van der Waals surface area contributed by atoms with Gasteiger partial charge in [0, 0.05) is 13.1 Å². The number of carboxylic acids is 4. The van der Waals surface area contributed by atoms with Gasteiger partial charge in [0.15, 0.2) is 0 Å². The van der Waals surface area contributed by atoms with E-state index in [0.717, 1.165) is 9.80 Å². The summed E-state index contributed by atoms with van der Waals surface area (Å²) in [6.45, 7) is -0.522. The van der Waals surface area contributed by atoms with Gasteiger partial charge in [-0.3, -0.25) is 33.2 Å². The first kappa shape index (κ1) is 77.5. The van der Waals surface area contributed by atoms with Crippen molar-refractivity contribution in [1.29, 1.82) is 0 Å². The Morgan fingerprint density at radius 3 is 0.911 bits per heavy atom. The zero-order valence-corrected chi connectivity index (χ0v) is 39.3. The first-order valence-electron chi connectivity index (χ1n) is 9.92. The number of ether oxygens (including phenoxy) is 2. The summed E-state index contributed by atoms with van der Waals surface area (Å²) >= 11 is -3.11. The number of halogens is 1. The van der Waals surface area contributed by atoms with Crippen LogP contribution in [0.15, 0.2) is 0 Å². The van der Waals surface area contributed by atoms with E-state index in [4.69, 9.17) is 68.4 Å². The third-order valence-corrected chi connectivity index (χ3v) is 3.01. The minimum absolute atomic E-state index is 0. The van der Waals surface area contributed by atoms with Crippen LogP contribution in [0.5, 0.6) is 0 Å². The first-order valence-corrected chi connectivity index (χ1v) is 10.9. The SMILES string of the molecule is O.O=C(O)CN(CCN(CC(=O)O)CC(=O)O)CC(=O)O.O=C([O-])[O-].O=S([O-])[O-].OCCOCCOCCO.[Br-].[K+].[Na+].[Na+].[Na+].[Na+]. The Morgan fingerprint density at radius 2 is 0.778 bits per heavy atom. The molecule has 0 bridgehead atoms. The normalized spacial score (nSPS) is 8.33. The number of aliphatic carboxylic acids is 4. The van der Waals surface area contributed by atoms with Crippen LogP contribution < -0.4 is 197 Å². The van der Waals surface area contributed by atoms with E-state index in [2.05, 4.69) is 0 Å². The zero-order valence-electron chi connectivity index (χ0n) is 25.7. The number of rotatable bonds is 18. The van der Waals surface area contributed by atoms with Crippen LogP contribution in [0.2, 0.25) is 0 Å². The second kappa shape index (κ2) is 59.2. The Balaban J connectivity index is -0.0000000440. The fourth-order valence-corrected chi connectivity index (χ4v) is 1.93. The predicted molar refractivity (Wildman–Crippen MR) is 118 cm³/mol. The van der Waals surface area contributed by atoms with Crippen LogP contribution in [0.25, 0.3) is 0 Å². The number of carbonyl (C=O) groups is 5. The summed E-state index contributed by atoms with van der Waals surface area (Å²) in [6, 6.07) is 0. The van der Waals surface area contributed by atoms with Gasteiger partial charge in [0.25, 0.3) is 0 Å². The molecule has 242 valence electrons. The van der Waals surface area contributed by atoms with E-state index >= 15 is 0 Å². The molecule has 0 aliphatic heterocycles. The number of hydrogen-bond donors (Lipinski definition) is 6. The molecule has 0 atom stereocenters. The summed E-state index contributed by atoms with van der Waals surface area (Å²) in [5.41, 5.74) is 0. The van der Waals surface area contributed by atoms with Gasteiger partial charge in [0.05, 0.1) is 65.8 Å². The van der Waals surface area contributed by atoms with Crippen molar-refractivity contribution in [2.75, 3.05) is 78.9 Å². The molecule has 0 rings (SSSR count). The topological polar surface area (TPSA) is 372 Å². The predicted octanol–water partition coefficient (Wildman–Crippen LogP) is -25.3. The quantitative estimate of drug-likeness (QED) is 0.0425. The van der Waals surface area contributed by atoms with Crippen LogP contribution in [0.3, 0.4) is 0 Å². The summed E-state index contributed by atoms with van der Waals surface area (Å²) in [5, 5.41) is 67.7. The molecule has 0 fully saturated rings. The largest absolute Gasteiger partial charge is 1.00 e. The molecular weight excluding hydrogens is 779 g/mol. The molecule has 0 aromatic heterocycles. The molecule has 0 saturated heterocycles. The van der Waals surface area contributed by atoms with Crippen LogP contribution in [-0.4, -0.2) is 168 Å². The van der Waals surface area contributed by atoms with Crippen molar-refractivity contribution in [3.63, 3.8) is 0 Å². The average molecular weight is 811 g/mol. The monoisotopic (exact) mass is 810 g/mol. The van der Waals surface area contributed by atoms with E-state index in [0.29, 0.717) is 26.4 Å². The van der Waals surface area contributed by atoms with Gasteiger partial charge in [-0.2, -0.15) is 0 Å². The van der Waals surface area contributed by atoms with Gasteiger partial charge in [-0.05, 0) is 6.16 Å². The van der Waals surface area contributed by atoms with Gasteiger partial charge in [0.1, 0.15) is 0 Å². The summed E-state index contributed by atoms with van der Waals surface area (Å²) in [6.07, 6.45) is -2.33. The van der Waals surface area contributed by atoms with E-state index in [1.165, 1.54) is 0 Å². The standard InChI is InChI=1S/C10H16N2O8.C6H14O4.CH2O3.BrH.K.4Na.H2O3S.H2O/c13-7(14)3-11(4-8(15)16)1-2-12(5-9(17)18)6-10(19)20;7-1-3-9-5-6-10-4-2-8;2-1(3)4;;;;;;;1-4(2)3;/h1-6H2,(H,13,14)(H,15,16)(H,17,18)(H,19,20);7-8H,1-6H2;(H2,2,3,4);1H;;;;;;(H2,1,2,3);1H2/q;;;;5*+1;;/p-5. The third-order valence-electron chi connectivity index (χ3n) is 3.01. The Morgan fingerprint density at radius 1 is 0.600 bits per heavy atom. The zero-order chi connectivity index (χ0) is 30.5. The van der Waals surface area contributed by atoms with E-state index < -0.39 is 67.6 Å². The molecular formula is C17H32BrKN2Na4O19S. The van der Waals surface area contributed by atoms with Crippen molar-refractivity contribution in [3.05, 3.63) is 0 Å². The molecule has 0 heterocycles. The van der Waals surface area contributed by atoms with Crippen molar-refractivity contribution in [2.45, 2.75) is 0 Å². The molecule has 0 radical (unpaired) electrons. The minimum atomic E-state index is -3.11. The fraction of sp³-hybridized carbons (Fsp3) is 0.706. The number of aliphatic hydroxyl groups is 2. The van der Waals surface area contributed by atoms with Crippen molar-refractivity contribution in [2.24, 2.45) is 0 Å². The van der Waals surface area contributed by atoms with Crippen LogP contribution >= 0.6 is 0 Å². The third kappa shape index (κ3) is 99.0. The molecule has 0 aromatic rings. The van der Waals surface area contributed by atoms with Gasteiger partial charge in [-0.1, -0.05) is 0 Å². The van der Waals surface area contributed by atoms with Crippen LogP contribution in [0.1, 0.15) is 0 Å². The Hall–Kier alpha value is 3.06. The van der Waals surface area contributed by atoms with Crippen molar-refractivity contribution < 1.29 is 280 Å². The van der Waals surface area contributed by atoms with E-state index in [1.807, 2.05) is 0 Å². The molecule has 8 N–H and O–H groups in total. The van der Waals surface area contributed by atoms with E-state index in [-0.39, 0.29) is 218 Å². The van der Waals surface area contributed by atoms with Gasteiger partial charge < -0.3 is 86.7 Å². The maximum absolute atomic E-state index is 10.6. The molecule has 0 spiro atoms. The number of nitrogens with zero attached hydrogens (tertiary/aromatic N) is 2.